The molecule has 0 aliphatic rings. The molecule has 0 aromatic carbocycles. The van der Waals surface area contributed by atoms with E-state index in [0.29, 0.717) is 0 Å². The van der Waals surface area contributed by atoms with Crippen LogP contribution in [0, 0.1) is 0 Å². The van der Waals surface area contributed by atoms with E-state index in [1.54, 1.807) is 24.5 Å². The minimum atomic E-state index is -2.88. The van der Waals surface area contributed by atoms with Gasteiger partial charge in [-0.15, -0.1) is 11.3 Å². The van der Waals surface area contributed by atoms with Crippen LogP contribution in [0.3, 0.4) is 0 Å². The number of nitrogens with zero attached hydrogens (tertiary/aromatic N) is 1. The van der Waals surface area contributed by atoms with Crippen molar-refractivity contribution in [2.45, 2.75) is 26.3 Å². The molecule has 0 radical (unpaired) electrons. The zero-order chi connectivity index (χ0) is 12.0. The Morgan fingerprint density at radius 2 is 2.31 bits per heavy atom. The SMILES string of the molecule is CCS(=O)(=O)CC(C)NCCc1nccs1. The van der Waals surface area contributed by atoms with Gasteiger partial charge < -0.3 is 5.32 Å². The van der Waals surface area contributed by atoms with Crippen LogP contribution in [0.4, 0.5) is 0 Å². The quantitative estimate of drug-likeness (QED) is 0.799. The molecule has 1 N–H and O–H groups in total. The van der Waals surface area contributed by atoms with Crippen LogP contribution in [0.5, 0.6) is 0 Å². The molecule has 0 aliphatic heterocycles. The van der Waals surface area contributed by atoms with E-state index in [4.69, 9.17) is 0 Å². The topological polar surface area (TPSA) is 59.1 Å². The average Bonchev–Trinajstić information content (AvgIpc) is 2.70. The summed E-state index contributed by atoms with van der Waals surface area (Å²) < 4.78 is 22.7. The molecule has 1 aromatic rings. The van der Waals surface area contributed by atoms with Gasteiger partial charge in [0, 0.05) is 36.3 Å². The van der Waals surface area contributed by atoms with Gasteiger partial charge in [-0.05, 0) is 6.92 Å². The number of rotatable bonds is 7. The zero-order valence-corrected chi connectivity index (χ0v) is 11.3. The number of hydrogen-bond acceptors (Lipinski definition) is 5. The third kappa shape index (κ3) is 5.05. The summed E-state index contributed by atoms with van der Waals surface area (Å²) in [4.78, 5) is 4.16. The largest absolute Gasteiger partial charge is 0.313 e. The number of sulfone groups is 1. The van der Waals surface area contributed by atoms with Crippen LogP contribution in [0.15, 0.2) is 11.6 Å². The molecule has 0 saturated carbocycles. The predicted molar refractivity (Wildman–Crippen MR) is 67.6 cm³/mol. The van der Waals surface area contributed by atoms with Crippen LogP contribution in [0.2, 0.25) is 0 Å². The molecule has 1 aromatic heterocycles. The summed E-state index contributed by atoms with van der Waals surface area (Å²) in [6.45, 7) is 4.35. The second-order valence-corrected chi connectivity index (χ2v) is 7.11. The average molecular weight is 262 g/mol. The van der Waals surface area contributed by atoms with Crippen molar-refractivity contribution in [2.24, 2.45) is 0 Å². The number of nitrogens with one attached hydrogen (secondary N) is 1. The van der Waals surface area contributed by atoms with Gasteiger partial charge >= 0.3 is 0 Å². The molecule has 4 nitrogen and oxygen atoms in total. The van der Waals surface area contributed by atoms with Gasteiger partial charge in [0.2, 0.25) is 0 Å². The maximum absolute atomic E-state index is 11.4. The molecule has 1 unspecified atom stereocenters. The summed E-state index contributed by atoms with van der Waals surface area (Å²) in [5, 5.41) is 6.23. The Hall–Kier alpha value is -0.460. The fourth-order valence-corrected chi connectivity index (χ4v) is 3.10. The van der Waals surface area contributed by atoms with Crippen LogP contribution >= 0.6 is 11.3 Å². The minimum Gasteiger partial charge on any atom is -0.313 e. The molecule has 1 atom stereocenters. The van der Waals surface area contributed by atoms with Gasteiger partial charge in [-0.2, -0.15) is 0 Å². The van der Waals surface area contributed by atoms with Crippen molar-refractivity contribution < 1.29 is 8.42 Å². The lowest BCUT2D eigenvalue weighted by Gasteiger charge is -2.12. The first kappa shape index (κ1) is 13.6. The summed E-state index contributed by atoms with van der Waals surface area (Å²) in [5.41, 5.74) is 0. The molecule has 1 heterocycles. The summed E-state index contributed by atoms with van der Waals surface area (Å²) in [7, 11) is -2.88. The normalized spacial score (nSPS) is 13.9. The molecular formula is C10H18N2O2S2. The Kier molecular flexibility index (Phi) is 5.37. The highest BCUT2D eigenvalue weighted by Gasteiger charge is 2.12. The molecule has 6 heteroatoms. The van der Waals surface area contributed by atoms with Gasteiger partial charge in [0.1, 0.15) is 0 Å². The lowest BCUT2D eigenvalue weighted by molar-refractivity contribution is 0.558. The van der Waals surface area contributed by atoms with Gasteiger partial charge in [-0.1, -0.05) is 6.92 Å². The minimum absolute atomic E-state index is 0.00455. The lowest BCUT2D eigenvalue weighted by atomic mass is 10.3. The zero-order valence-electron chi connectivity index (χ0n) is 9.64. The molecule has 0 saturated heterocycles. The van der Waals surface area contributed by atoms with E-state index in [-0.39, 0.29) is 17.5 Å². The molecular weight excluding hydrogens is 244 g/mol. The second kappa shape index (κ2) is 6.32. The van der Waals surface area contributed by atoms with Gasteiger partial charge in [-0.3, -0.25) is 0 Å². The van der Waals surface area contributed by atoms with E-state index in [9.17, 15) is 8.42 Å². The third-order valence-corrected chi connectivity index (χ3v) is 4.99. The molecule has 1 rings (SSSR count). The molecule has 0 bridgehead atoms. The standard InChI is InChI=1S/C10H18N2O2S2/c1-3-16(13,14)8-9(2)11-5-4-10-12-6-7-15-10/h6-7,9,11H,3-5,8H2,1-2H3. The van der Waals surface area contributed by atoms with Gasteiger partial charge in [-0.25, -0.2) is 13.4 Å². The first-order valence-electron chi connectivity index (χ1n) is 5.35. The van der Waals surface area contributed by atoms with Crippen molar-refractivity contribution in [2.75, 3.05) is 18.1 Å². The summed E-state index contributed by atoms with van der Waals surface area (Å²) in [6.07, 6.45) is 2.64. The van der Waals surface area contributed by atoms with Crippen LogP contribution in [-0.4, -0.2) is 37.5 Å². The smallest absolute Gasteiger partial charge is 0.151 e. The third-order valence-electron chi connectivity index (χ3n) is 2.26. The lowest BCUT2D eigenvalue weighted by Crippen LogP contribution is -2.34. The van der Waals surface area contributed by atoms with Gasteiger partial charge in [0.15, 0.2) is 9.84 Å². The van der Waals surface area contributed by atoms with Crippen molar-refractivity contribution in [3.05, 3.63) is 16.6 Å². The van der Waals surface area contributed by atoms with Crippen molar-refractivity contribution in [1.82, 2.24) is 10.3 Å². The number of aromatic nitrogens is 1. The molecule has 0 aliphatic carbocycles. The Morgan fingerprint density at radius 1 is 1.56 bits per heavy atom. The molecule has 0 fully saturated rings. The highest BCUT2D eigenvalue weighted by atomic mass is 32.2. The van der Waals surface area contributed by atoms with E-state index in [0.717, 1.165) is 18.0 Å². The van der Waals surface area contributed by atoms with Crippen LogP contribution in [-0.2, 0) is 16.3 Å². The highest BCUT2D eigenvalue weighted by molar-refractivity contribution is 7.91. The van der Waals surface area contributed by atoms with Crippen LogP contribution in [0.1, 0.15) is 18.9 Å². The maximum Gasteiger partial charge on any atom is 0.151 e. The van der Waals surface area contributed by atoms with Crippen LogP contribution in [0.25, 0.3) is 0 Å². The first-order chi connectivity index (χ1) is 7.53. The van der Waals surface area contributed by atoms with E-state index in [2.05, 4.69) is 10.3 Å². The van der Waals surface area contributed by atoms with E-state index in [1.165, 1.54) is 0 Å². The summed E-state index contributed by atoms with van der Waals surface area (Å²) >= 11 is 1.62. The van der Waals surface area contributed by atoms with Crippen molar-refractivity contribution in [3.8, 4) is 0 Å². The molecule has 92 valence electrons. The Labute approximate surface area is 101 Å². The maximum atomic E-state index is 11.4. The summed E-state index contributed by atoms with van der Waals surface area (Å²) in [6, 6.07) is 0.00455. The highest BCUT2D eigenvalue weighted by Crippen LogP contribution is 2.03. The van der Waals surface area contributed by atoms with E-state index >= 15 is 0 Å². The molecule has 0 spiro atoms. The second-order valence-electron chi connectivity index (χ2n) is 3.73. The Bertz CT molecular complexity index is 387. The van der Waals surface area contributed by atoms with E-state index in [1.807, 2.05) is 12.3 Å². The fraction of sp³-hybridized carbons (Fsp3) is 0.700. The van der Waals surface area contributed by atoms with Crippen molar-refractivity contribution in [3.63, 3.8) is 0 Å². The van der Waals surface area contributed by atoms with Crippen molar-refractivity contribution in [1.29, 1.82) is 0 Å². The van der Waals surface area contributed by atoms with Gasteiger partial charge in [0.05, 0.1) is 10.8 Å². The Morgan fingerprint density at radius 3 is 2.88 bits per heavy atom. The van der Waals surface area contributed by atoms with Crippen LogP contribution < -0.4 is 5.32 Å². The fourth-order valence-electron chi connectivity index (χ4n) is 1.36. The van der Waals surface area contributed by atoms with Crippen molar-refractivity contribution >= 4 is 21.2 Å². The number of thiazole rings is 1. The predicted octanol–water partition coefficient (Wildman–Crippen LogP) is 1.10. The first-order valence-corrected chi connectivity index (χ1v) is 8.06. The molecule has 0 amide bonds. The number of hydrogen-bond donors (Lipinski definition) is 1. The summed E-state index contributed by atoms with van der Waals surface area (Å²) in [5.74, 6) is 0.423. The van der Waals surface area contributed by atoms with Gasteiger partial charge in [0.25, 0.3) is 0 Å². The molecule has 16 heavy (non-hydrogen) atoms. The Balaban J connectivity index is 2.23. The van der Waals surface area contributed by atoms with E-state index < -0.39 is 9.84 Å². The monoisotopic (exact) mass is 262 g/mol.